The second-order valence-corrected chi connectivity index (χ2v) is 8.55. The van der Waals surface area contributed by atoms with E-state index in [1.54, 1.807) is 0 Å². The molecule has 1 aromatic carbocycles. The minimum atomic E-state index is -0.785. The van der Waals surface area contributed by atoms with Crippen molar-refractivity contribution in [1.82, 2.24) is 10.2 Å². The van der Waals surface area contributed by atoms with Crippen LogP contribution in [0.3, 0.4) is 0 Å². The summed E-state index contributed by atoms with van der Waals surface area (Å²) in [6.07, 6.45) is 8.95. The number of carbonyl (C=O) groups excluding carboxylic acids is 1. The van der Waals surface area contributed by atoms with Crippen LogP contribution in [0.5, 0.6) is 11.5 Å². The zero-order valence-electron chi connectivity index (χ0n) is 18.4. The molecule has 0 aromatic heterocycles. The van der Waals surface area contributed by atoms with Crippen LogP contribution in [-0.4, -0.2) is 54.8 Å². The second kappa shape index (κ2) is 12.2. The average Bonchev–Trinajstić information content (AvgIpc) is 2.78. The molecular formula is C24H38N2O4. The van der Waals surface area contributed by atoms with Gasteiger partial charge in [0.25, 0.3) is 0 Å². The van der Waals surface area contributed by atoms with E-state index in [9.17, 15) is 9.90 Å². The van der Waals surface area contributed by atoms with Crippen molar-refractivity contribution in [3.63, 3.8) is 0 Å². The monoisotopic (exact) mass is 418 g/mol. The summed E-state index contributed by atoms with van der Waals surface area (Å²) >= 11 is 0. The fraction of sp³-hybridized carbons (Fsp3) is 0.708. The Morgan fingerprint density at radius 2 is 1.80 bits per heavy atom. The largest absolute Gasteiger partial charge is 0.486 e. The number of hydrogen-bond acceptors (Lipinski definition) is 5. The van der Waals surface area contributed by atoms with Crippen molar-refractivity contribution in [3.05, 3.63) is 23.8 Å². The Labute approximate surface area is 180 Å². The lowest BCUT2D eigenvalue weighted by Crippen LogP contribution is -2.48. The number of rotatable bonds is 11. The predicted molar refractivity (Wildman–Crippen MR) is 118 cm³/mol. The molecule has 0 radical (unpaired) electrons. The van der Waals surface area contributed by atoms with E-state index in [-0.39, 0.29) is 11.9 Å². The van der Waals surface area contributed by atoms with Gasteiger partial charge in [-0.2, -0.15) is 0 Å². The Kier molecular flexibility index (Phi) is 9.27. The molecule has 6 heteroatoms. The molecule has 2 heterocycles. The van der Waals surface area contributed by atoms with Crippen LogP contribution in [0.2, 0.25) is 0 Å². The number of ether oxygens (including phenoxy) is 2. The molecule has 0 unspecified atom stereocenters. The molecule has 0 spiro atoms. The number of likely N-dealkylation sites (tertiary alicyclic amines) is 1. The zero-order valence-corrected chi connectivity index (χ0v) is 18.4. The van der Waals surface area contributed by atoms with E-state index >= 15 is 0 Å². The minimum absolute atomic E-state index is 0.0325. The van der Waals surface area contributed by atoms with Crippen molar-refractivity contribution in [2.75, 3.05) is 32.8 Å². The van der Waals surface area contributed by atoms with Crippen LogP contribution < -0.4 is 14.8 Å². The van der Waals surface area contributed by atoms with Crippen molar-refractivity contribution in [2.45, 2.75) is 76.9 Å². The normalized spacial score (nSPS) is 18.6. The van der Waals surface area contributed by atoms with Crippen molar-refractivity contribution in [1.29, 1.82) is 0 Å². The molecule has 1 aromatic rings. The molecular weight excluding hydrogens is 380 g/mol. The molecule has 0 bridgehead atoms. The van der Waals surface area contributed by atoms with Gasteiger partial charge in [0.15, 0.2) is 11.5 Å². The molecule has 6 nitrogen and oxygen atoms in total. The first kappa shape index (κ1) is 22.9. The van der Waals surface area contributed by atoms with Crippen LogP contribution in [0, 0.1) is 0 Å². The molecule has 0 saturated carbocycles. The highest BCUT2D eigenvalue weighted by molar-refractivity contribution is 5.76. The number of fused-ring (bicyclic) bond motifs is 1. The molecule has 2 atom stereocenters. The molecule has 1 amide bonds. The van der Waals surface area contributed by atoms with Crippen molar-refractivity contribution in [2.24, 2.45) is 0 Å². The summed E-state index contributed by atoms with van der Waals surface area (Å²) in [4.78, 5) is 15.0. The van der Waals surface area contributed by atoms with Gasteiger partial charge < -0.3 is 24.8 Å². The number of benzene rings is 1. The Balaban J connectivity index is 1.62. The van der Waals surface area contributed by atoms with E-state index in [1.165, 1.54) is 38.5 Å². The molecule has 1 saturated heterocycles. The van der Waals surface area contributed by atoms with Gasteiger partial charge in [-0.15, -0.1) is 0 Å². The number of piperidine rings is 1. The summed E-state index contributed by atoms with van der Waals surface area (Å²) in [5.74, 6) is 1.41. The molecule has 2 aliphatic heterocycles. The highest BCUT2D eigenvalue weighted by Crippen LogP contribution is 2.33. The lowest BCUT2D eigenvalue weighted by Gasteiger charge is -2.33. The van der Waals surface area contributed by atoms with E-state index in [1.807, 2.05) is 18.2 Å². The van der Waals surface area contributed by atoms with Gasteiger partial charge in [0.2, 0.25) is 5.91 Å². The topological polar surface area (TPSA) is 71.0 Å². The van der Waals surface area contributed by atoms with E-state index in [0.29, 0.717) is 37.7 Å². The number of amides is 1. The third-order valence-corrected chi connectivity index (χ3v) is 6.05. The maximum absolute atomic E-state index is 12.6. The Morgan fingerprint density at radius 1 is 1.07 bits per heavy atom. The Bertz CT molecular complexity index is 661. The fourth-order valence-electron chi connectivity index (χ4n) is 4.29. The van der Waals surface area contributed by atoms with Crippen LogP contribution in [-0.2, 0) is 4.79 Å². The number of unbranched alkanes of at least 4 members (excludes halogenated alkanes) is 4. The third kappa shape index (κ3) is 6.88. The van der Waals surface area contributed by atoms with Gasteiger partial charge in [0.1, 0.15) is 19.3 Å². The zero-order chi connectivity index (χ0) is 21.2. The standard InChI is InChI=1S/C24H38N2O4/c1-2-3-4-5-7-10-23(27)25-20(18-26-13-8-6-9-14-26)24(28)19-11-12-21-22(17-19)30-16-15-29-21/h11-12,17,20,24,28H,2-10,13-16,18H2,1H3,(H,25,27)/t20-,24-/m1/s1. The number of carbonyl (C=O) groups is 1. The average molecular weight is 419 g/mol. The summed E-state index contributed by atoms with van der Waals surface area (Å²) < 4.78 is 11.3. The maximum Gasteiger partial charge on any atom is 0.220 e. The van der Waals surface area contributed by atoms with E-state index in [4.69, 9.17) is 9.47 Å². The third-order valence-electron chi connectivity index (χ3n) is 6.05. The summed E-state index contributed by atoms with van der Waals surface area (Å²) in [7, 11) is 0. The first-order valence-electron chi connectivity index (χ1n) is 11.8. The molecule has 30 heavy (non-hydrogen) atoms. The van der Waals surface area contributed by atoms with Crippen LogP contribution in [0.25, 0.3) is 0 Å². The van der Waals surface area contributed by atoms with E-state index in [2.05, 4.69) is 17.1 Å². The van der Waals surface area contributed by atoms with Crippen molar-refractivity contribution in [3.8, 4) is 11.5 Å². The highest BCUT2D eigenvalue weighted by atomic mass is 16.6. The molecule has 2 N–H and O–H groups in total. The van der Waals surface area contributed by atoms with Crippen molar-refractivity contribution < 1.29 is 19.4 Å². The Hall–Kier alpha value is -1.79. The lowest BCUT2D eigenvalue weighted by molar-refractivity contribution is -0.123. The summed E-state index contributed by atoms with van der Waals surface area (Å²) in [5, 5.41) is 14.3. The molecule has 168 valence electrons. The van der Waals surface area contributed by atoms with E-state index in [0.717, 1.165) is 31.5 Å². The maximum atomic E-state index is 12.6. The van der Waals surface area contributed by atoms with Gasteiger partial charge in [-0.3, -0.25) is 4.79 Å². The summed E-state index contributed by atoms with van der Waals surface area (Å²) in [5.41, 5.74) is 0.754. The number of nitrogens with one attached hydrogen (secondary N) is 1. The number of hydrogen-bond donors (Lipinski definition) is 2. The summed E-state index contributed by atoms with van der Waals surface area (Å²) in [6.45, 7) is 5.96. The van der Waals surface area contributed by atoms with Gasteiger partial charge in [0, 0.05) is 13.0 Å². The van der Waals surface area contributed by atoms with Crippen LogP contribution in [0.15, 0.2) is 18.2 Å². The molecule has 3 rings (SSSR count). The quantitative estimate of drug-likeness (QED) is 0.535. The number of aliphatic hydroxyl groups excluding tert-OH is 1. The van der Waals surface area contributed by atoms with Crippen molar-refractivity contribution >= 4 is 5.91 Å². The fourth-order valence-corrected chi connectivity index (χ4v) is 4.29. The molecule has 0 aliphatic carbocycles. The minimum Gasteiger partial charge on any atom is -0.486 e. The second-order valence-electron chi connectivity index (χ2n) is 8.55. The van der Waals surface area contributed by atoms with Gasteiger partial charge in [-0.05, 0) is 50.0 Å². The molecule has 1 fully saturated rings. The first-order chi connectivity index (χ1) is 14.7. The smallest absolute Gasteiger partial charge is 0.220 e. The predicted octanol–water partition coefficient (Wildman–Crippen LogP) is 3.82. The van der Waals surface area contributed by atoms with E-state index < -0.39 is 6.10 Å². The highest BCUT2D eigenvalue weighted by Gasteiger charge is 2.27. The van der Waals surface area contributed by atoms with Gasteiger partial charge >= 0.3 is 0 Å². The molecule has 2 aliphatic rings. The Morgan fingerprint density at radius 3 is 2.57 bits per heavy atom. The van der Waals surface area contributed by atoms with Gasteiger partial charge in [-0.25, -0.2) is 0 Å². The SMILES string of the molecule is CCCCCCCC(=O)N[C@H](CN1CCCCC1)[C@H](O)c1ccc2c(c1)OCCO2. The van der Waals surface area contributed by atoms with Crippen LogP contribution >= 0.6 is 0 Å². The van der Waals surface area contributed by atoms with Crippen LogP contribution in [0.4, 0.5) is 0 Å². The lowest BCUT2D eigenvalue weighted by atomic mass is 9.99. The summed E-state index contributed by atoms with van der Waals surface area (Å²) in [6, 6.07) is 5.23. The van der Waals surface area contributed by atoms with Crippen LogP contribution in [0.1, 0.15) is 76.4 Å². The number of nitrogens with zero attached hydrogens (tertiary/aromatic N) is 1. The van der Waals surface area contributed by atoms with Gasteiger partial charge in [-0.1, -0.05) is 45.1 Å². The van der Waals surface area contributed by atoms with Gasteiger partial charge in [0.05, 0.1) is 6.04 Å². The number of aliphatic hydroxyl groups is 1. The first-order valence-corrected chi connectivity index (χ1v) is 11.8.